The molecule has 198 valence electrons. The first-order valence-corrected chi connectivity index (χ1v) is 13.1. The lowest BCUT2D eigenvalue weighted by Gasteiger charge is -2.28. The van der Waals surface area contributed by atoms with Gasteiger partial charge in [-0.15, -0.1) is 0 Å². The summed E-state index contributed by atoms with van der Waals surface area (Å²) in [6, 6.07) is 16.0. The largest absolute Gasteiger partial charge is 0.480 e. The fourth-order valence-electron chi connectivity index (χ4n) is 4.58. The maximum Gasteiger partial charge on any atom is 0.326 e. The standard InChI is InChI=1S/C30H33N3O5/c1-4-15-33(16-5-2)26-25(27(34)28(26)35)32-24(30(36)37)17-19-11-13-22(14-12-19)38-29-23-10-8-7-9-20(23)18-21(6-3)31-29/h7-14,18,24,32H,4-6,15-17H2,1-3H3,(H,36,37)/t24-/m0/s1. The van der Waals surface area contributed by atoms with E-state index in [1.54, 1.807) is 24.3 Å². The molecule has 0 saturated carbocycles. The summed E-state index contributed by atoms with van der Waals surface area (Å²) in [4.78, 5) is 43.2. The van der Waals surface area contributed by atoms with Crippen LogP contribution in [0.4, 0.5) is 11.4 Å². The second-order valence-electron chi connectivity index (χ2n) is 9.35. The van der Waals surface area contributed by atoms with Gasteiger partial charge in [-0.3, -0.25) is 9.59 Å². The van der Waals surface area contributed by atoms with Gasteiger partial charge in [-0.25, -0.2) is 9.78 Å². The predicted molar refractivity (Wildman–Crippen MR) is 151 cm³/mol. The molecule has 0 amide bonds. The SMILES string of the molecule is CCCN(CCC)c1c(N[C@@H](Cc2ccc(Oc3nc(CC)cc4ccccc34)cc2)C(=O)O)c(=O)c1=O. The molecule has 0 spiro atoms. The van der Waals surface area contributed by atoms with Crippen LogP contribution in [0.25, 0.3) is 10.8 Å². The van der Waals surface area contributed by atoms with E-state index >= 15 is 0 Å². The number of nitrogens with one attached hydrogen (secondary N) is 1. The Hall–Kier alpha value is -4.20. The molecule has 3 aromatic carbocycles. The van der Waals surface area contributed by atoms with Crippen molar-refractivity contribution in [2.75, 3.05) is 23.3 Å². The third kappa shape index (κ3) is 5.69. The number of fused-ring (bicyclic) bond motifs is 1. The quantitative estimate of drug-likeness (QED) is 0.242. The van der Waals surface area contributed by atoms with Crippen LogP contribution in [0.2, 0.25) is 0 Å². The first-order chi connectivity index (χ1) is 18.4. The number of hydrogen-bond acceptors (Lipinski definition) is 7. The van der Waals surface area contributed by atoms with E-state index in [0.717, 1.165) is 41.3 Å². The number of carbonyl (C=O) groups is 1. The van der Waals surface area contributed by atoms with Gasteiger partial charge < -0.3 is 20.1 Å². The summed E-state index contributed by atoms with van der Waals surface area (Å²) < 4.78 is 6.11. The van der Waals surface area contributed by atoms with Gasteiger partial charge >= 0.3 is 5.97 Å². The van der Waals surface area contributed by atoms with Gasteiger partial charge in [0, 0.05) is 30.6 Å². The predicted octanol–water partition coefficient (Wildman–Crippen LogP) is 4.92. The molecule has 0 fully saturated rings. The van der Waals surface area contributed by atoms with Crippen molar-refractivity contribution >= 4 is 28.1 Å². The van der Waals surface area contributed by atoms with Gasteiger partial charge in [0.2, 0.25) is 5.88 Å². The monoisotopic (exact) mass is 515 g/mol. The average Bonchev–Trinajstić information content (AvgIpc) is 2.92. The van der Waals surface area contributed by atoms with E-state index in [4.69, 9.17) is 4.74 Å². The van der Waals surface area contributed by atoms with Gasteiger partial charge in [0.1, 0.15) is 23.2 Å². The van der Waals surface area contributed by atoms with E-state index in [9.17, 15) is 19.5 Å². The Labute approximate surface area is 221 Å². The number of carboxylic acid groups (broad SMARTS) is 1. The van der Waals surface area contributed by atoms with Crippen molar-refractivity contribution in [2.24, 2.45) is 0 Å². The highest BCUT2D eigenvalue weighted by atomic mass is 16.5. The molecule has 1 aromatic heterocycles. The van der Waals surface area contributed by atoms with Gasteiger partial charge in [-0.1, -0.05) is 51.1 Å². The van der Waals surface area contributed by atoms with Crippen LogP contribution in [-0.2, 0) is 17.6 Å². The lowest BCUT2D eigenvalue weighted by atomic mass is 10.0. The molecule has 0 radical (unpaired) electrons. The Kier molecular flexibility index (Phi) is 8.41. The minimum absolute atomic E-state index is 0.0954. The smallest absolute Gasteiger partial charge is 0.326 e. The lowest BCUT2D eigenvalue weighted by molar-refractivity contribution is -0.137. The molecular formula is C30H33N3O5. The zero-order chi connectivity index (χ0) is 27.2. The normalized spacial score (nSPS) is 12.0. The minimum Gasteiger partial charge on any atom is -0.480 e. The van der Waals surface area contributed by atoms with Crippen LogP contribution in [0.3, 0.4) is 0 Å². The van der Waals surface area contributed by atoms with E-state index in [1.807, 2.05) is 49.9 Å². The molecule has 0 aliphatic rings. The Morgan fingerprint density at radius 3 is 2.32 bits per heavy atom. The Morgan fingerprint density at radius 2 is 1.68 bits per heavy atom. The van der Waals surface area contributed by atoms with E-state index < -0.39 is 22.9 Å². The summed E-state index contributed by atoms with van der Waals surface area (Å²) in [5.41, 5.74) is 0.840. The van der Waals surface area contributed by atoms with Crippen LogP contribution in [0.1, 0.15) is 44.9 Å². The minimum atomic E-state index is -1.10. The number of carboxylic acids is 1. The molecule has 8 heteroatoms. The molecule has 2 N–H and O–H groups in total. The second kappa shape index (κ2) is 11.9. The highest BCUT2D eigenvalue weighted by molar-refractivity contribution is 5.87. The highest BCUT2D eigenvalue weighted by Crippen LogP contribution is 2.29. The third-order valence-electron chi connectivity index (χ3n) is 6.50. The number of anilines is 2. The topological polar surface area (TPSA) is 109 Å². The van der Waals surface area contributed by atoms with Crippen LogP contribution in [-0.4, -0.2) is 35.2 Å². The van der Waals surface area contributed by atoms with Crippen LogP contribution >= 0.6 is 0 Å². The van der Waals surface area contributed by atoms with Gasteiger partial charge in [-0.05, 0) is 54.5 Å². The highest BCUT2D eigenvalue weighted by Gasteiger charge is 2.29. The van der Waals surface area contributed by atoms with E-state index in [1.165, 1.54) is 0 Å². The number of benzene rings is 2. The summed E-state index contributed by atoms with van der Waals surface area (Å²) in [6.45, 7) is 7.27. The van der Waals surface area contributed by atoms with Crippen LogP contribution in [0.5, 0.6) is 11.6 Å². The number of aromatic nitrogens is 1. The molecule has 0 aliphatic carbocycles. The lowest BCUT2D eigenvalue weighted by Crippen LogP contribution is -2.46. The first kappa shape index (κ1) is 26.9. The van der Waals surface area contributed by atoms with Gasteiger partial charge in [-0.2, -0.15) is 0 Å². The number of pyridine rings is 1. The number of ether oxygens (including phenoxy) is 1. The maximum absolute atomic E-state index is 12.3. The van der Waals surface area contributed by atoms with Crippen LogP contribution in [0.15, 0.2) is 64.2 Å². The molecule has 0 bridgehead atoms. The summed E-state index contributed by atoms with van der Waals surface area (Å²) in [5, 5.41) is 14.7. The van der Waals surface area contributed by atoms with Crippen molar-refractivity contribution in [1.82, 2.24) is 4.98 Å². The van der Waals surface area contributed by atoms with Crippen molar-refractivity contribution in [1.29, 1.82) is 0 Å². The van der Waals surface area contributed by atoms with Gasteiger partial charge in [0.25, 0.3) is 10.9 Å². The fourth-order valence-corrected chi connectivity index (χ4v) is 4.58. The van der Waals surface area contributed by atoms with Gasteiger partial charge in [0.15, 0.2) is 0 Å². The average molecular weight is 516 g/mol. The van der Waals surface area contributed by atoms with Crippen molar-refractivity contribution < 1.29 is 14.6 Å². The van der Waals surface area contributed by atoms with Gasteiger partial charge in [0.05, 0.1) is 0 Å². The molecule has 8 nitrogen and oxygen atoms in total. The molecule has 0 unspecified atom stereocenters. The Bertz CT molecular complexity index is 1480. The molecule has 0 aliphatic heterocycles. The zero-order valence-electron chi connectivity index (χ0n) is 22.0. The summed E-state index contributed by atoms with van der Waals surface area (Å²) >= 11 is 0. The van der Waals surface area contributed by atoms with Crippen molar-refractivity contribution in [3.63, 3.8) is 0 Å². The van der Waals surface area contributed by atoms with Crippen molar-refractivity contribution in [2.45, 2.75) is 52.5 Å². The number of aryl methyl sites for hydroxylation is 1. The van der Waals surface area contributed by atoms with Crippen LogP contribution in [0, 0.1) is 0 Å². The molecule has 1 heterocycles. The maximum atomic E-state index is 12.3. The molecular weight excluding hydrogens is 482 g/mol. The van der Waals surface area contributed by atoms with E-state index in [-0.39, 0.29) is 12.1 Å². The third-order valence-corrected chi connectivity index (χ3v) is 6.50. The van der Waals surface area contributed by atoms with Crippen molar-refractivity contribution in [3.05, 3.63) is 86.3 Å². The van der Waals surface area contributed by atoms with E-state index in [0.29, 0.717) is 30.4 Å². The number of nitrogens with zero attached hydrogens (tertiary/aromatic N) is 2. The van der Waals surface area contributed by atoms with E-state index in [2.05, 4.69) is 16.4 Å². The zero-order valence-corrected chi connectivity index (χ0v) is 22.0. The number of aliphatic carboxylic acids is 1. The molecule has 4 rings (SSSR count). The number of hydrogen-bond donors (Lipinski definition) is 2. The van der Waals surface area contributed by atoms with Crippen LogP contribution < -0.4 is 25.8 Å². The van der Waals surface area contributed by atoms with Crippen molar-refractivity contribution in [3.8, 4) is 11.6 Å². The first-order valence-electron chi connectivity index (χ1n) is 13.1. The molecule has 1 atom stereocenters. The molecule has 4 aromatic rings. The summed E-state index contributed by atoms with van der Waals surface area (Å²) in [7, 11) is 0. The fraction of sp³-hybridized carbons (Fsp3) is 0.333. The second-order valence-corrected chi connectivity index (χ2v) is 9.35. The molecule has 38 heavy (non-hydrogen) atoms. The summed E-state index contributed by atoms with van der Waals surface area (Å²) in [6.07, 6.45) is 2.53. The Balaban J connectivity index is 1.51. The summed E-state index contributed by atoms with van der Waals surface area (Å²) in [5.74, 6) is 0.00190. The Morgan fingerprint density at radius 1 is 1.00 bits per heavy atom. The molecule has 0 saturated heterocycles. The number of rotatable bonds is 13.